The van der Waals surface area contributed by atoms with Crippen LogP contribution < -0.4 is 0 Å². The van der Waals surface area contributed by atoms with Crippen LogP contribution in [0.5, 0.6) is 0 Å². The van der Waals surface area contributed by atoms with Crippen LogP contribution in [0, 0.1) is 6.92 Å². The topological polar surface area (TPSA) is 46.6 Å². The number of nitrogens with zero attached hydrogens (tertiary/aromatic N) is 1. The third-order valence-corrected chi connectivity index (χ3v) is 5.87. The highest BCUT2D eigenvalue weighted by atomic mass is 32.2. The first-order chi connectivity index (χ1) is 11.1. The Morgan fingerprint density at radius 3 is 2.65 bits per heavy atom. The van der Waals surface area contributed by atoms with Gasteiger partial charge in [-0.3, -0.25) is 0 Å². The van der Waals surface area contributed by atoms with Gasteiger partial charge in [0, 0.05) is 13.2 Å². The molecule has 128 valence electrons. The highest BCUT2D eigenvalue weighted by molar-refractivity contribution is 7.89. The van der Waals surface area contributed by atoms with Gasteiger partial charge in [0.05, 0.1) is 4.90 Å². The summed E-state index contributed by atoms with van der Waals surface area (Å²) in [7, 11) is -3.54. The Labute approximate surface area is 140 Å². The van der Waals surface area contributed by atoms with E-state index in [-0.39, 0.29) is 0 Å². The minimum Gasteiger partial charge on any atom is -0.358 e. The van der Waals surface area contributed by atoms with E-state index in [1.165, 1.54) is 4.31 Å². The zero-order valence-electron chi connectivity index (χ0n) is 14.1. The molecule has 1 aliphatic heterocycles. The van der Waals surface area contributed by atoms with E-state index >= 15 is 0 Å². The van der Waals surface area contributed by atoms with Gasteiger partial charge in [0.15, 0.2) is 0 Å². The van der Waals surface area contributed by atoms with E-state index in [9.17, 15) is 8.42 Å². The van der Waals surface area contributed by atoms with Crippen molar-refractivity contribution in [3.8, 4) is 0 Å². The molecule has 0 unspecified atom stereocenters. The molecule has 0 N–H and O–H groups in total. The maximum atomic E-state index is 13.0. The van der Waals surface area contributed by atoms with Crippen molar-refractivity contribution in [1.29, 1.82) is 0 Å². The first-order valence-electron chi connectivity index (χ1n) is 8.42. The minimum absolute atomic E-state index is 0.334. The molecular weight excluding hydrogens is 310 g/mol. The maximum absolute atomic E-state index is 13.0. The van der Waals surface area contributed by atoms with Crippen molar-refractivity contribution in [2.75, 3.05) is 13.2 Å². The van der Waals surface area contributed by atoms with Gasteiger partial charge in [-0.2, -0.15) is 4.31 Å². The van der Waals surface area contributed by atoms with E-state index in [4.69, 9.17) is 4.74 Å². The number of hydrogen-bond donors (Lipinski definition) is 0. The molecule has 1 heterocycles. The van der Waals surface area contributed by atoms with Crippen LogP contribution in [0.4, 0.5) is 0 Å². The molecule has 0 aliphatic carbocycles. The molecular formula is C18H27NO3S. The Kier molecular flexibility index (Phi) is 6.81. The fraction of sp³-hybridized carbons (Fsp3) is 0.556. The van der Waals surface area contributed by atoms with Crippen LogP contribution >= 0.6 is 0 Å². The van der Waals surface area contributed by atoms with Crippen molar-refractivity contribution in [3.05, 3.63) is 42.0 Å². The van der Waals surface area contributed by atoms with Crippen LogP contribution in [-0.4, -0.2) is 32.1 Å². The van der Waals surface area contributed by atoms with Crippen LogP contribution in [0.3, 0.4) is 0 Å². The average Bonchev–Trinajstić information content (AvgIpc) is 2.78. The lowest BCUT2D eigenvalue weighted by Gasteiger charge is -2.28. The van der Waals surface area contributed by atoms with Gasteiger partial charge in [-0.05, 0) is 44.4 Å². The van der Waals surface area contributed by atoms with Crippen molar-refractivity contribution in [1.82, 2.24) is 4.31 Å². The van der Waals surface area contributed by atoms with E-state index < -0.39 is 16.3 Å². The SMILES string of the molecule is CCCCCO[C@H]1C=CCCCN1S(=O)(=O)c1ccc(C)cc1. The summed E-state index contributed by atoms with van der Waals surface area (Å²) in [6.07, 6.45) is 8.28. The number of aryl methyl sites for hydroxylation is 1. The van der Waals surface area contributed by atoms with Gasteiger partial charge >= 0.3 is 0 Å². The molecule has 5 heteroatoms. The summed E-state index contributed by atoms with van der Waals surface area (Å²) in [5.41, 5.74) is 1.05. The Balaban J connectivity index is 2.17. The summed E-state index contributed by atoms with van der Waals surface area (Å²) >= 11 is 0. The number of sulfonamides is 1. The predicted molar refractivity (Wildman–Crippen MR) is 92.7 cm³/mol. The largest absolute Gasteiger partial charge is 0.358 e. The fourth-order valence-electron chi connectivity index (χ4n) is 2.60. The summed E-state index contributed by atoms with van der Waals surface area (Å²) in [4.78, 5) is 0.334. The predicted octanol–water partition coefficient (Wildman–Crippen LogP) is 3.87. The molecule has 0 fully saturated rings. The number of rotatable bonds is 7. The molecule has 0 saturated carbocycles. The lowest BCUT2D eigenvalue weighted by Crippen LogP contribution is -2.41. The zero-order chi connectivity index (χ0) is 16.7. The highest BCUT2D eigenvalue weighted by Gasteiger charge is 2.31. The van der Waals surface area contributed by atoms with Crippen molar-refractivity contribution in [2.45, 2.75) is 57.1 Å². The summed E-state index contributed by atoms with van der Waals surface area (Å²) < 4.78 is 33.3. The first-order valence-corrected chi connectivity index (χ1v) is 9.86. The molecule has 2 rings (SSSR count). The molecule has 0 spiro atoms. The quantitative estimate of drug-likeness (QED) is 0.560. The summed E-state index contributed by atoms with van der Waals surface area (Å²) in [5, 5.41) is 0. The molecule has 1 aromatic rings. The Bertz CT molecular complexity index is 608. The van der Waals surface area contributed by atoms with Gasteiger partial charge in [0.2, 0.25) is 10.0 Å². The molecule has 4 nitrogen and oxygen atoms in total. The van der Waals surface area contributed by atoms with Crippen LogP contribution in [-0.2, 0) is 14.8 Å². The van der Waals surface area contributed by atoms with Crippen LogP contribution in [0.15, 0.2) is 41.3 Å². The minimum atomic E-state index is -3.54. The monoisotopic (exact) mass is 337 g/mol. The number of unbranched alkanes of at least 4 members (excludes halogenated alkanes) is 2. The Morgan fingerprint density at radius 2 is 1.96 bits per heavy atom. The van der Waals surface area contributed by atoms with Crippen molar-refractivity contribution >= 4 is 10.0 Å². The molecule has 1 atom stereocenters. The van der Waals surface area contributed by atoms with Gasteiger partial charge in [-0.25, -0.2) is 8.42 Å². The highest BCUT2D eigenvalue weighted by Crippen LogP contribution is 2.23. The molecule has 0 amide bonds. The molecule has 0 aromatic heterocycles. The summed E-state index contributed by atoms with van der Waals surface area (Å²) in [6.45, 7) is 5.16. The number of ether oxygens (including phenoxy) is 1. The molecule has 23 heavy (non-hydrogen) atoms. The van der Waals surface area contributed by atoms with Gasteiger partial charge in [0.1, 0.15) is 6.23 Å². The Hall–Kier alpha value is -1.17. The van der Waals surface area contributed by atoms with Gasteiger partial charge in [0.25, 0.3) is 0 Å². The molecule has 0 radical (unpaired) electrons. The average molecular weight is 337 g/mol. The second-order valence-electron chi connectivity index (χ2n) is 5.97. The smallest absolute Gasteiger partial charge is 0.245 e. The number of hydrogen-bond acceptors (Lipinski definition) is 3. The van der Waals surface area contributed by atoms with E-state index in [1.54, 1.807) is 12.1 Å². The van der Waals surface area contributed by atoms with Crippen LogP contribution in [0.1, 0.15) is 44.6 Å². The maximum Gasteiger partial charge on any atom is 0.245 e. The van der Waals surface area contributed by atoms with Crippen molar-refractivity contribution < 1.29 is 13.2 Å². The van der Waals surface area contributed by atoms with E-state index in [2.05, 4.69) is 6.92 Å². The summed E-state index contributed by atoms with van der Waals surface area (Å²) in [5.74, 6) is 0. The standard InChI is InChI=1S/C18H27NO3S/c1-3-4-8-15-22-18-9-6-5-7-14-19(18)23(20,21)17-12-10-16(2)11-13-17/h6,9-13,18H,3-5,7-8,14-15H2,1-2H3/t18-/m0/s1. The van der Waals surface area contributed by atoms with E-state index in [0.717, 1.165) is 37.7 Å². The third kappa shape index (κ3) is 4.90. The first kappa shape index (κ1) is 18.2. The molecule has 1 aliphatic rings. The fourth-order valence-corrected chi connectivity index (χ4v) is 4.12. The van der Waals surface area contributed by atoms with E-state index in [1.807, 2.05) is 31.2 Å². The lowest BCUT2D eigenvalue weighted by atomic mass is 10.2. The Morgan fingerprint density at radius 1 is 1.22 bits per heavy atom. The third-order valence-electron chi connectivity index (χ3n) is 4.00. The van der Waals surface area contributed by atoms with E-state index in [0.29, 0.717) is 18.0 Å². The lowest BCUT2D eigenvalue weighted by molar-refractivity contribution is 0.0135. The van der Waals surface area contributed by atoms with Crippen molar-refractivity contribution in [3.63, 3.8) is 0 Å². The van der Waals surface area contributed by atoms with Crippen LogP contribution in [0.2, 0.25) is 0 Å². The van der Waals surface area contributed by atoms with Gasteiger partial charge < -0.3 is 4.74 Å². The molecule has 0 bridgehead atoms. The van der Waals surface area contributed by atoms with Gasteiger partial charge in [-0.1, -0.05) is 43.5 Å². The number of benzene rings is 1. The number of allylic oxidation sites excluding steroid dienone is 1. The van der Waals surface area contributed by atoms with Gasteiger partial charge in [-0.15, -0.1) is 0 Å². The molecule has 1 aromatic carbocycles. The molecule has 0 saturated heterocycles. The second kappa shape index (κ2) is 8.62. The normalized spacial score (nSPS) is 19.7. The second-order valence-corrected chi connectivity index (χ2v) is 7.86. The zero-order valence-corrected chi connectivity index (χ0v) is 14.9. The summed E-state index contributed by atoms with van der Waals surface area (Å²) in [6, 6.07) is 7.01. The van der Waals surface area contributed by atoms with Crippen LogP contribution in [0.25, 0.3) is 0 Å². The van der Waals surface area contributed by atoms with Crippen molar-refractivity contribution in [2.24, 2.45) is 0 Å².